The largest absolute Gasteiger partial charge is 0.463 e. The molecule has 0 heterocycles. The van der Waals surface area contributed by atoms with Crippen molar-refractivity contribution >= 4 is 18.2 Å². The summed E-state index contributed by atoms with van der Waals surface area (Å²) >= 11 is 0. The average molecular weight is 462 g/mol. The predicted octanol–water partition coefficient (Wildman–Crippen LogP) is 3.33. The van der Waals surface area contributed by atoms with Crippen LogP contribution in [0.1, 0.15) is 48.5 Å². The number of hydrogen-bond donors (Lipinski definition) is 0. The fourth-order valence-electron chi connectivity index (χ4n) is 1.97. The monoisotopic (exact) mass is 461 g/mol. The molecule has 10 heteroatoms. The number of ether oxygens (including phenoxy) is 6. The molecule has 0 aliphatic carbocycles. The van der Waals surface area contributed by atoms with Gasteiger partial charge in [-0.15, -0.1) is 0 Å². The van der Waals surface area contributed by atoms with Crippen LogP contribution < -0.4 is 0 Å². The summed E-state index contributed by atoms with van der Waals surface area (Å²) in [5, 5.41) is 0. The van der Waals surface area contributed by atoms with Crippen LogP contribution >= 0.6 is 0 Å². The molecular weight excluding hydrogens is 422 g/mol. The van der Waals surface area contributed by atoms with E-state index in [1.807, 2.05) is 0 Å². The lowest BCUT2D eigenvalue weighted by atomic mass is 10.2. The van der Waals surface area contributed by atoms with Gasteiger partial charge in [0.15, 0.2) is 0 Å². The molecule has 0 aliphatic heterocycles. The summed E-state index contributed by atoms with van der Waals surface area (Å²) < 4.78 is 31.4. The molecular formula is C22H39NO9. The van der Waals surface area contributed by atoms with Crippen molar-refractivity contribution < 1.29 is 42.8 Å². The van der Waals surface area contributed by atoms with Gasteiger partial charge in [0.1, 0.15) is 11.2 Å². The highest BCUT2D eigenvalue weighted by molar-refractivity contribution is 5.88. The molecule has 186 valence electrons. The molecule has 0 saturated heterocycles. The maximum absolute atomic E-state index is 12.3. The van der Waals surface area contributed by atoms with E-state index in [1.165, 1.54) is 6.08 Å². The first kappa shape index (κ1) is 29.8. The normalized spacial score (nSPS) is 12.0. The lowest BCUT2D eigenvalue weighted by Gasteiger charge is -2.28. The Bertz CT molecular complexity index is 563. The van der Waals surface area contributed by atoms with Crippen LogP contribution in [0.4, 0.5) is 9.59 Å². The average Bonchev–Trinajstić information content (AvgIpc) is 2.62. The number of rotatable bonds is 13. The summed E-state index contributed by atoms with van der Waals surface area (Å²) in [4.78, 5) is 36.7. The van der Waals surface area contributed by atoms with E-state index in [9.17, 15) is 14.4 Å². The standard InChI is InChI=1S/C22H39NO9/c1-8-30-18(24)10-9-12-27-14-16-29-17-15-28-13-11-23(19(25)31-21(2,3)4)20(26)32-22(5,6)7/h9-10H,8,11-17H2,1-7H3/b10-9+. The van der Waals surface area contributed by atoms with Crippen LogP contribution in [0.2, 0.25) is 0 Å². The van der Waals surface area contributed by atoms with E-state index in [0.29, 0.717) is 26.4 Å². The Hall–Kier alpha value is -2.17. The fourth-order valence-corrected chi connectivity index (χ4v) is 1.97. The van der Waals surface area contributed by atoms with E-state index in [1.54, 1.807) is 54.5 Å². The number of amides is 2. The first-order valence-corrected chi connectivity index (χ1v) is 10.7. The Morgan fingerprint density at radius 2 is 1.22 bits per heavy atom. The molecule has 0 spiro atoms. The lowest BCUT2D eigenvalue weighted by molar-refractivity contribution is -0.137. The molecule has 32 heavy (non-hydrogen) atoms. The van der Waals surface area contributed by atoms with Crippen molar-refractivity contribution in [3.63, 3.8) is 0 Å². The summed E-state index contributed by atoms with van der Waals surface area (Å²) in [6.45, 7) is 14.1. The van der Waals surface area contributed by atoms with Crippen molar-refractivity contribution in [3.8, 4) is 0 Å². The summed E-state index contributed by atoms with van der Waals surface area (Å²) in [5.74, 6) is -0.401. The van der Waals surface area contributed by atoms with Gasteiger partial charge in [0.25, 0.3) is 0 Å². The number of carbonyl (C=O) groups excluding carboxylic acids is 3. The Balaban J connectivity index is 4.11. The van der Waals surface area contributed by atoms with Crippen molar-refractivity contribution in [2.75, 3.05) is 52.8 Å². The van der Waals surface area contributed by atoms with Gasteiger partial charge in [0.05, 0.1) is 52.8 Å². The maximum atomic E-state index is 12.3. The highest BCUT2D eigenvalue weighted by atomic mass is 16.6. The van der Waals surface area contributed by atoms with Gasteiger partial charge in [0.2, 0.25) is 0 Å². The van der Waals surface area contributed by atoms with E-state index < -0.39 is 29.4 Å². The van der Waals surface area contributed by atoms with Gasteiger partial charge in [-0.3, -0.25) is 0 Å². The minimum Gasteiger partial charge on any atom is -0.463 e. The summed E-state index contributed by atoms with van der Waals surface area (Å²) in [6.07, 6.45) is 1.31. The molecule has 0 saturated carbocycles. The van der Waals surface area contributed by atoms with Crippen LogP contribution in [-0.4, -0.2) is 87.1 Å². The second kappa shape index (κ2) is 15.6. The molecule has 0 aromatic rings. The van der Waals surface area contributed by atoms with E-state index in [4.69, 9.17) is 28.4 Å². The zero-order valence-corrected chi connectivity index (χ0v) is 20.4. The Kier molecular flexibility index (Phi) is 14.5. The smallest absolute Gasteiger partial charge is 0.419 e. The number of carbonyl (C=O) groups is 3. The van der Waals surface area contributed by atoms with Gasteiger partial charge >= 0.3 is 18.2 Å². The molecule has 0 atom stereocenters. The quantitative estimate of drug-likeness (QED) is 0.176. The number of imide groups is 1. The number of nitrogens with zero attached hydrogens (tertiary/aromatic N) is 1. The fraction of sp³-hybridized carbons (Fsp3) is 0.773. The topological polar surface area (TPSA) is 110 Å². The van der Waals surface area contributed by atoms with Crippen molar-refractivity contribution in [3.05, 3.63) is 12.2 Å². The van der Waals surface area contributed by atoms with Crippen LogP contribution in [0.3, 0.4) is 0 Å². The molecule has 0 aromatic carbocycles. The minimum absolute atomic E-state index is 0.0141. The van der Waals surface area contributed by atoms with Gasteiger partial charge in [-0.25, -0.2) is 19.3 Å². The summed E-state index contributed by atoms with van der Waals surface area (Å²) in [7, 11) is 0. The molecule has 0 aliphatic rings. The van der Waals surface area contributed by atoms with E-state index in [-0.39, 0.29) is 26.4 Å². The van der Waals surface area contributed by atoms with E-state index in [2.05, 4.69) is 0 Å². The van der Waals surface area contributed by atoms with Gasteiger partial charge in [-0.2, -0.15) is 0 Å². The Morgan fingerprint density at radius 1 is 0.750 bits per heavy atom. The Morgan fingerprint density at radius 3 is 1.69 bits per heavy atom. The second-order valence-electron chi connectivity index (χ2n) is 8.57. The molecule has 0 rings (SSSR count). The SMILES string of the molecule is CCOC(=O)/C=C/COCCOCCOCCN(C(=O)OC(C)(C)C)C(=O)OC(C)(C)C. The molecule has 0 aromatic heterocycles. The second-order valence-corrected chi connectivity index (χ2v) is 8.57. The lowest BCUT2D eigenvalue weighted by Crippen LogP contribution is -2.45. The first-order valence-electron chi connectivity index (χ1n) is 10.7. The third kappa shape index (κ3) is 17.5. The van der Waals surface area contributed by atoms with Crippen molar-refractivity contribution in [1.82, 2.24) is 4.90 Å². The zero-order valence-electron chi connectivity index (χ0n) is 20.4. The third-order valence-electron chi connectivity index (χ3n) is 3.19. The van der Waals surface area contributed by atoms with Gasteiger partial charge in [-0.05, 0) is 48.5 Å². The van der Waals surface area contributed by atoms with Crippen LogP contribution in [0.15, 0.2) is 12.2 Å². The minimum atomic E-state index is -0.791. The van der Waals surface area contributed by atoms with E-state index >= 15 is 0 Å². The molecule has 0 fully saturated rings. The van der Waals surface area contributed by atoms with Gasteiger partial charge in [0, 0.05) is 6.08 Å². The predicted molar refractivity (Wildman–Crippen MR) is 117 cm³/mol. The number of esters is 1. The summed E-state index contributed by atoms with van der Waals surface area (Å²) in [6, 6.07) is 0. The maximum Gasteiger partial charge on any atom is 0.419 e. The molecule has 0 bridgehead atoms. The molecule has 10 nitrogen and oxygen atoms in total. The molecule has 0 unspecified atom stereocenters. The van der Waals surface area contributed by atoms with Gasteiger partial charge in [-0.1, -0.05) is 6.08 Å². The zero-order chi connectivity index (χ0) is 24.6. The first-order chi connectivity index (χ1) is 14.9. The van der Waals surface area contributed by atoms with Crippen LogP contribution in [0.5, 0.6) is 0 Å². The molecule has 0 radical (unpaired) electrons. The van der Waals surface area contributed by atoms with E-state index in [0.717, 1.165) is 4.90 Å². The highest BCUT2D eigenvalue weighted by Gasteiger charge is 2.30. The van der Waals surface area contributed by atoms with Crippen molar-refractivity contribution in [1.29, 1.82) is 0 Å². The van der Waals surface area contributed by atoms with Gasteiger partial charge < -0.3 is 28.4 Å². The van der Waals surface area contributed by atoms with Crippen molar-refractivity contribution in [2.45, 2.75) is 59.7 Å². The highest BCUT2D eigenvalue weighted by Crippen LogP contribution is 2.14. The van der Waals surface area contributed by atoms with Crippen LogP contribution in [0.25, 0.3) is 0 Å². The van der Waals surface area contributed by atoms with Crippen LogP contribution in [-0.2, 0) is 33.2 Å². The van der Waals surface area contributed by atoms with Crippen molar-refractivity contribution in [2.24, 2.45) is 0 Å². The molecule has 2 amide bonds. The summed E-state index contributed by atoms with van der Waals surface area (Å²) in [5.41, 5.74) is -1.49. The third-order valence-corrected chi connectivity index (χ3v) is 3.19. The molecule has 0 N–H and O–H groups in total. The van der Waals surface area contributed by atoms with Crippen LogP contribution in [0, 0.1) is 0 Å². The number of hydrogen-bond acceptors (Lipinski definition) is 9. The Labute approximate surface area is 191 Å².